The van der Waals surface area contributed by atoms with Crippen molar-refractivity contribution in [3.8, 4) is 0 Å². The molecule has 0 fully saturated rings. The fourth-order valence-electron chi connectivity index (χ4n) is 1.14. The van der Waals surface area contributed by atoms with Gasteiger partial charge in [0.15, 0.2) is 5.56 Å². The highest BCUT2D eigenvalue weighted by molar-refractivity contribution is 7.60. The smallest absolute Gasteiger partial charge is 0.357 e. The molecule has 0 saturated carbocycles. The van der Waals surface area contributed by atoms with Crippen LogP contribution in [0.1, 0.15) is 10.4 Å². The predicted octanol–water partition coefficient (Wildman–Crippen LogP) is 0.0960. The molecule has 9 heteroatoms. The van der Waals surface area contributed by atoms with E-state index in [1.165, 1.54) is 0 Å². The molecule has 0 spiro atoms. The first-order valence-corrected chi connectivity index (χ1v) is 5.43. The maximum absolute atomic E-state index is 10.9. The Balaban J connectivity index is 3.65. The summed E-state index contributed by atoms with van der Waals surface area (Å²) in [4.78, 5) is 37.9. The monoisotopic (exact) mass is 247 g/mol. The van der Waals surface area contributed by atoms with Crippen molar-refractivity contribution in [2.75, 3.05) is 0 Å². The molecule has 1 rings (SSSR count). The zero-order valence-electron chi connectivity index (χ0n) is 7.60. The van der Waals surface area contributed by atoms with Crippen LogP contribution in [0.4, 0.5) is 5.69 Å². The predicted molar refractivity (Wildman–Crippen MR) is 51.7 cm³/mol. The van der Waals surface area contributed by atoms with Crippen molar-refractivity contribution in [1.82, 2.24) is 0 Å². The Labute approximate surface area is 88.5 Å². The number of carbonyl (C=O) groups is 1. The summed E-state index contributed by atoms with van der Waals surface area (Å²) in [6.07, 6.45) is 0. The molecule has 0 bridgehead atoms. The van der Waals surface area contributed by atoms with E-state index in [0.29, 0.717) is 0 Å². The summed E-state index contributed by atoms with van der Waals surface area (Å²) in [5.74, 6) is -1.76. The number of nitro benzene ring substituents is 1. The first-order valence-electron chi connectivity index (χ1n) is 3.82. The fourth-order valence-corrected chi connectivity index (χ4v) is 1.92. The van der Waals surface area contributed by atoms with Gasteiger partial charge in [0, 0.05) is 6.07 Å². The van der Waals surface area contributed by atoms with Gasteiger partial charge in [0.05, 0.1) is 10.2 Å². The largest absolute Gasteiger partial charge is 0.477 e. The van der Waals surface area contributed by atoms with Gasteiger partial charge in [-0.2, -0.15) is 0 Å². The second kappa shape index (κ2) is 4.01. The van der Waals surface area contributed by atoms with Gasteiger partial charge >= 0.3 is 13.6 Å². The lowest BCUT2D eigenvalue weighted by Crippen LogP contribution is -2.18. The molecule has 16 heavy (non-hydrogen) atoms. The highest BCUT2D eigenvalue weighted by Crippen LogP contribution is 2.36. The van der Waals surface area contributed by atoms with Crippen LogP contribution >= 0.6 is 7.60 Å². The number of aromatic carboxylic acids is 1. The lowest BCUT2D eigenvalue weighted by Gasteiger charge is -2.07. The van der Waals surface area contributed by atoms with Gasteiger partial charge in [-0.15, -0.1) is 0 Å². The summed E-state index contributed by atoms with van der Waals surface area (Å²) in [5.41, 5.74) is -1.84. The van der Waals surface area contributed by atoms with Crippen LogP contribution in [0, 0.1) is 10.1 Å². The van der Waals surface area contributed by atoms with Crippen molar-refractivity contribution in [2.45, 2.75) is 0 Å². The molecule has 0 aliphatic rings. The molecule has 0 unspecified atom stereocenters. The van der Waals surface area contributed by atoms with Gasteiger partial charge in [0.2, 0.25) is 0 Å². The summed E-state index contributed by atoms with van der Waals surface area (Å²) in [6.45, 7) is 0. The van der Waals surface area contributed by atoms with Gasteiger partial charge in [-0.05, 0) is 6.07 Å². The van der Waals surface area contributed by atoms with E-state index in [2.05, 4.69) is 0 Å². The van der Waals surface area contributed by atoms with E-state index in [1.807, 2.05) is 0 Å². The number of hydrogen-bond acceptors (Lipinski definition) is 4. The summed E-state index contributed by atoms with van der Waals surface area (Å²) in [5, 5.41) is 18.3. The van der Waals surface area contributed by atoms with Crippen LogP contribution in [-0.4, -0.2) is 25.8 Å². The number of nitrogens with zero attached hydrogens (tertiary/aromatic N) is 1. The molecule has 0 amide bonds. The van der Waals surface area contributed by atoms with E-state index >= 15 is 0 Å². The molecule has 86 valence electrons. The molecule has 0 aliphatic carbocycles. The van der Waals surface area contributed by atoms with Crippen molar-refractivity contribution in [1.29, 1.82) is 0 Å². The van der Waals surface area contributed by atoms with E-state index in [9.17, 15) is 19.5 Å². The van der Waals surface area contributed by atoms with Crippen molar-refractivity contribution < 1.29 is 29.2 Å². The van der Waals surface area contributed by atoms with Gasteiger partial charge in [0.1, 0.15) is 0 Å². The Kier molecular flexibility index (Phi) is 3.09. The van der Waals surface area contributed by atoms with E-state index in [4.69, 9.17) is 14.9 Å². The molecule has 3 N–H and O–H groups in total. The van der Waals surface area contributed by atoms with Crippen LogP contribution in [0.2, 0.25) is 0 Å². The molecule has 0 heterocycles. The Morgan fingerprint density at radius 2 is 1.94 bits per heavy atom. The van der Waals surface area contributed by atoms with E-state index in [-0.39, 0.29) is 0 Å². The van der Waals surface area contributed by atoms with Crippen molar-refractivity contribution >= 4 is 24.6 Å². The summed E-state index contributed by atoms with van der Waals surface area (Å²) in [6, 6.07) is 2.72. The Hall–Kier alpha value is -1.76. The minimum absolute atomic E-state index is 0.844. The number of carboxylic acids is 1. The van der Waals surface area contributed by atoms with Gasteiger partial charge in [0.25, 0.3) is 5.69 Å². The first-order chi connectivity index (χ1) is 7.25. The molecular formula is C7H6NO7P. The van der Waals surface area contributed by atoms with Crippen molar-refractivity contribution in [3.63, 3.8) is 0 Å². The van der Waals surface area contributed by atoms with Gasteiger partial charge in [-0.3, -0.25) is 14.7 Å². The minimum Gasteiger partial charge on any atom is -0.477 e. The molecule has 1 aromatic carbocycles. The van der Waals surface area contributed by atoms with Crippen LogP contribution in [0.15, 0.2) is 18.2 Å². The van der Waals surface area contributed by atoms with E-state index in [1.54, 1.807) is 0 Å². The molecule has 0 atom stereocenters. The number of nitro groups is 1. The van der Waals surface area contributed by atoms with Gasteiger partial charge in [-0.1, -0.05) is 6.07 Å². The molecule has 8 nitrogen and oxygen atoms in total. The number of rotatable bonds is 3. The quantitative estimate of drug-likeness (QED) is 0.391. The summed E-state index contributed by atoms with van der Waals surface area (Å²) >= 11 is 0. The Morgan fingerprint density at radius 3 is 2.31 bits per heavy atom. The minimum atomic E-state index is -4.86. The molecule has 0 aliphatic heterocycles. The average Bonchev–Trinajstić information content (AvgIpc) is 2.14. The lowest BCUT2D eigenvalue weighted by molar-refractivity contribution is -0.385. The molecule has 0 radical (unpaired) electrons. The topological polar surface area (TPSA) is 138 Å². The highest BCUT2D eigenvalue weighted by Gasteiger charge is 2.31. The fraction of sp³-hybridized carbons (Fsp3) is 0. The summed E-state index contributed by atoms with van der Waals surface area (Å²) < 4.78 is 10.9. The van der Waals surface area contributed by atoms with Crippen LogP contribution in [-0.2, 0) is 4.57 Å². The van der Waals surface area contributed by atoms with Crippen molar-refractivity contribution in [3.05, 3.63) is 33.9 Å². The van der Waals surface area contributed by atoms with Crippen LogP contribution in [0.3, 0.4) is 0 Å². The maximum atomic E-state index is 10.9. The molecule has 1 aromatic rings. The van der Waals surface area contributed by atoms with Crippen molar-refractivity contribution in [2.24, 2.45) is 0 Å². The van der Waals surface area contributed by atoms with Crippen LogP contribution in [0.25, 0.3) is 0 Å². The summed E-state index contributed by atoms with van der Waals surface area (Å²) in [7, 11) is -4.86. The lowest BCUT2D eigenvalue weighted by atomic mass is 10.2. The second-order valence-electron chi connectivity index (χ2n) is 2.78. The number of hydrogen-bond donors (Lipinski definition) is 3. The standard InChI is InChI=1S/C7H6NO7P/c9-7(10)6-4(8(11)12)2-1-3-5(6)16(13,14)15/h1-3H,(H,9,10)(H2,13,14,15). The zero-order valence-corrected chi connectivity index (χ0v) is 8.50. The van der Waals surface area contributed by atoms with Gasteiger partial charge < -0.3 is 14.9 Å². The van der Waals surface area contributed by atoms with Crippen LogP contribution < -0.4 is 5.30 Å². The Morgan fingerprint density at radius 1 is 1.38 bits per heavy atom. The third kappa shape index (κ3) is 2.25. The normalized spacial score (nSPS) is 11.1. The number of carboxylic acid groups (broad SMARTS) is 1. The maximum Gasteiger partial charge on any atom is 0.357 e. The number of benzene rings is 1. The molecule has 0 saturated heterocycles. The SMILES string of the molecule is O=C(O)c1c([N+](=O)[O-])cccc1P(=O)(O)O. The third-order valence-corrected chi connectivity index (χ3v) is 2.75. The van der Waals surface area contributed by atoms with Gasteiger partial charge in [-0.25, -0.2) is 4.79 Å². The highest BCUT2D eigenvalue weighted by atomic mass is 31.2. The molecular weight excluding hydrogens is 241 g/mol. The Bertz CT molecular complexity index is 505. The van der Waals surface area contributed by atoms with E-state index < -0.39 is 35.0 Å². The average molecular weight is 247 g/mol. The second-order valence-corrected chi connectivity index (χ2v) is 4.35. The molecule has 0 aromatic heterocycles. The zero-order chi connectivity index (χ0) is 12.5. The third-order valence-electron chi connectivity index (χ3n) is 1.74. The van der Waals surface area contributed by atoms with E-state index in [0.717, 1.165) is 18.2 Å². The first kappa shape index (κ1) is 12.3. The van der Waals surface area contributed by atoms with Crippen LogP contribution in [0.5, 0.6) is 0 Å².